The molecule has 0 bridgehead atoms. The van der Waals surface area contributed by atoms with Crippen molar-refractivity contribution in [2.75, 3.05) is 13.2 Å². The van der Waals surface area contributed by atoms with Crippen molar-refractivity contribution < 1.29 is 9.47 Å². The van der Waals surface area contributed by atoms with Gasteiger partial charge in [0.2, 0.25) is 0 Å². The van der Waals surface area contributed by atoms with E-state index in [-0.39, 0.29) is 11.2 Å². The standard InChI is InChI=1S/C17H24O2/c1-16(10-5-3-6-11-16)18-14-9-15-19-17(2)12-7-4-8-13-17/h3-8,10,12H,9,11,13-15H2,1-2H3. The van der Waals surface area contributed by atoms with Crippen molar-refractivity contribution >= 4 is 0 Å². The van der Waals surface area contributed by atoms with Gasteiger partial charge in [-0.2, -0.15) is 0 Å². The molecule has 2 aliphatic carbocycles. The Labute approximate surface area is 116 Å². The summed E-state index contributed by atoms with van der Waals surface area (Å²) in [5.41, 5.74) is -0.266. The van der Waals surface area contributed by atoms with Crippen LogP contribution in [0.3, 0.4) is 0 Å². The summed E-state index contributed by atoms with van der Waals surface area (Å²) >= 11 is 0. The first-order valence-electron chi connectivity index (χ1n) is 7.09. The van der Waals surface area contributed by atoms with E-state index in [9.17, 15) is 0 Å². The van der Waals surface area contributed by atoms with E-state index in [1.165, 1.54) is 0 Å². The lowest BCUT2D eigenvalue weighted by molar-refractivity contribution is -0.0305. The summed E-state index contributed by atoms with van der Waals surface area (Å²) in [5, 5.41) is 0. The summed E-state index contributed by atoms with van der Waals surface area (Å²) in [6.45, 7) is 5.74. The first kappa shape index (κ1) is 14.3. The van der Waals surface area contributed by atoms with Gasteiger partial charge < -0.3 is 9.47 Å². The van der Waals surface area contributed by atoms with Crippen LogP contribution in [0.5, 0.6) is 0 Å². The van der Waals surface area contributed by atoms with Gasteiger partial charge in [0.15, 0.2) is 0 Å². The third-order valence-corrected chi connectivity index (χ3v) is 3.59. The third kappa shape index (κ3) is 4.48. The molecule has 0 saturated heterocycles. The molecular formula is C17H24O2. The molecule has 0 spiro atoms. The third-order valence-electron chi connectivity index (χ3n) is 3.59. The molecule has 0 aromatic heterocycles. The Hall–Kier alpha value is -1.12. The quantitative estimate of drug-likeness (QED) is 0.673. The van der Waals surface area contributed by atoms with Crippen molar-refractivity contribution in [2.45, 2.75) is 44.3 Å². The first-order chi connectivity index (χ1) is 9.12. The van der Waals surface area contributed by atoms with Crippen LogP contribution in [0.1, 0.15) is 33.1 Å². The zero-order valence-electron chi connectivity index (χ0n) is 12.0. The molecule has 0 aromatic rings. The van der Waals surface area contributed by atoms with Gasteiger partial charge in [-0.3, -0.25) is 0 Å². The number of hydrogen-bond donors (Lipinski definition) is 0. The van der Waals surface area contributed by atoms with E-state index in [4.69, 9.17) is 9.47 Å². The average Bonchev–Trinajstić information content (AvgIpc) is 2.40. The SMILES string of the molecule is CC1(OCCCOC2(C)C=CC=CC2)C=CC=CC1. The molecule has 0 radical (unpaired) electrons. The minimum absolute atomic E-state index is 0.133. The van der Waals surface area contributed by atoms with Crippen LogP contribution in [-0.2, 0) is 9.47 Å². The van der Waals surface area contributed by atoms with E-state index in [1.807, 2.05) is 0 Å². The van der Waals surface area contributed by atoms with Crippen LogP contribution < -0.4 is 0 Å². The van der Waals surface area contributed by atoms with Crippen molar-refractivity contribution in [1.82, 2.24) is 0 Å². The van der Waals surface area contributed by atoms with Crippen molar-refractivity contribution in [3.63, 3.8) is 0 Å². The van der Waals surface area contributed by atoms with Crippen LogP contribution in [-0.4, -0.2) is 24.4 Å². The lowest BCUT2D eigenvalue weighted by Crippen LogP contribution is -2.29. The molecule has 0 amide bonds. The van der Waals surface area contributed by atoms with Crippen molar-refractivity contribution in [3.05, 3.63) is 48.6 Å². The summed E-state index contributed by atoms with van der Waals surface area (Å²) in [4.78, 5) is 0. The van der Waals surface area contributed by atoms with Gasteiger partial charge in [0.1, 0.15) is 0 Å². The van der Waals surface area contributed by atoms with Gasteiger partial charge in [0.05, 0.1) is 11.2 Å². The van der Waals surface area contributed by atoms with Crippen LogP contribution in [0.2, 0.25) is 0 Å². The highest BCUT2D eigenvalue weighted by Crippen LogP contribution is 2.23. The van der Waals surface area contributed by atoms with Crippen molar-refractivity contribution in [1.29, 1.82) is 0 Å². The van der Waals surface area contributed by atoms with Crippen LogP contribution in [0, 0.1) is 0 Å². The fourth-order valence-electron chi connectivity index (χ4n) is 2.30. The molecule has 0 heterocycles. The minimum Gasteiger partial charge on any atom is -0.371 e. The van der Waals surface area contributed by atoms with E-state index in [0.29, 0.717) is 0 Å². The maximum Gasteiger partial charge on any atom is 0.0871 e. The molecule has 2 nitrogen and oxygen atoms in total. The van der Waals surface area contributed by atoms with Gasteiger partial charge >= 0.3 is 0 Å². The largest absolute Gasteiger partial charge is 0.371 e. The number of ether oxygens (including phenoxy) is 2. The van der Waals surface area contributed by atoms with Gasteiger partial charge in [-0.05, 0) is 33.1 Å². The molecule has 0 aromatic carbocycles. The second kappa shape index (κ2) is 6.36. The lowest BCUT2D eigenvalue weighted by Gasteiger charge is -2.29. The first-order valence-corrected chi connectivity index (χ1v) is 7.09. The maximum atomic E-state index is 5.94. The molecule has 0 fully saturated rings. The van der Waals surface area contributed by atoms with Gasteiger partial charge in [-0.1, -0.05) is 48.6 Å². The molecule has 104 valence electrons. The Balaban J connectivity index is 1.62. The Morgan fingerprint density at radius 2 is 1.26 bits per heavy atom. The van der Waals surface area contributed by atoms with Crippen LogP contribution in [0.25, 0.3) is 0 Å². The van der Waals surface area contributed by atoms with Crippen LogP contribution in [0.4, 0.5) is 0 Å². The second-order valence-electron chi connectivity index (χ2n) is 5.66. The van der Waals surface area contributed by atoms with E-state index in [0.717, 1.165) is 32.5 Å². The molecule has 2 unspecified atom stereocenters. The molecular weight excluding hydrogens is 236 g/mol. The Bertz CT molecular complexity index is 367. The highest BCUT2D eigenvalue weighted by atomic mass is 16.5. The number of hydrogen-bond acceptors (Lipinski definition) is 2. The van der Waals surface area contributed by atoms with Crippen LogP contribution in [0.15, 0.2) is 48.6 Å². The van der Waals surface area contributed by atoms with Gasteiger partial charge in [0.25, 0.3) is 0 Å². The summed E-state index contributed by atoms with van der Waals surface area (Å²) in [6, 6.07) is 0. The lowest BCUT2D eigenvalue weighted by atomic mass is 9.97. The van der Waals surface area contributed by atoms with Gasteiger partial charge in [0, 0.05) is 13.2 Å². The van der Waals surface area contributed by atoms with Gasteiger partial charge in [-0.15, -0.1) is 0 Å². The average molecular weight is 260 g/mol. The Morgan fingerprint density at radius 1 is 0.789 bits per heavy atom. The normalized spacial score (nSPS) is 32.9. The molecule has 0 N–H and O–H groups in total. The second-order valence-corrected chi connectivity index (χ2v) is 5.66. The molecule has 0 saturated carbocycles. The Morgan fingerprint density at radius 3 is 1.63 bits per heavy atom. The number of rotatable bonds is 6. The maximum absolute atomic E-state index is 5.94. The van der Waals surface area contributed by atoms with Crippen molar-refractivity contribution in [2.24, 2.45) is 0 Å². The summed E-state index contributed by atoms with van der Waals surface area (Å²) in [5.74, 6) is 0. The molecule has 2 heteroatoms. The zero-order valence-corrected chi connectivity index (χ0v) is 12.0. The number of allylic oxidation sites excluding steroid dienone is 4. The predicted molar refractivity (Wildman–Crippen MR) is 79.1 cm³/mol. The fourth-order valence-corrected chi connectivity index (χ4v) is 2.30. The topological polar surface area (TPSA) is 18.5 Å². The molecule has 0 aliphatic heterocycles. The molecule has 2 rings (SSSR count). The van der Waals surface area contributed by atoms with E-state index in [1.54, 1.807) is 0 Å². The zero-order chi connectivity index (χ0) is 13.6. The summed E-state index contributed by atoms with van der Waals surface area (Å²) in [7, 11) is 0. The van der Waals surface area contributed by atoms with E-state index < -0.39 is 0 Å². The molecule has 2 aliphatic rings. The monoisotopic (exact) mass is 260 g/mol. The van der Waals surface area contributed by atoms with Crippen LogP contribution >= 0.6 is 0 Å². The minimum atomic E-state index is -0.133. The predicted octanol–water partition coefficient (Wildman–Crippen LogP) is 3.96. The van der Waals surface area contributed by atoms with Crippen molar-refractivity contribution in [3.8, 4) is 0 Å². The summed E-state index contributed by atoms with van der Waals surface area (Å²) in [6.07, 6.45) is 19.6. The highest BCUT2D eigenvalue weighted by molar-refractivity contribution is 5.17. The van der Waals surface area contributed by atoms with E-state index >= 15 is 0 Å². The molecule has 19 heavy (non-hydrogen) atoms. The van der Waals surface area contributed by atoms with Gasteiger partial charge in [-0.25, -0.2) is 0 Å². The smallest absolute Gasteiger partial charge is 0.0871 e. The highest BCUT2D eigenvalue weighted by Gasteiger charge is 2.22. The Kier molecular flexibility index (Phi) is 4.78. The summed E-state index contributed by atoms with van der Waals surface area (Å²) < 4.78 is 11.9. The fraction of sp³-hybridized carbons (Fsp3) is 0.529. The molecule has 2 atom stereocenters. The van der Waals surface area contributed by atoms with E-state index in [2.05, 4.69) is 62.5 Å².